The molecule has 4 aromatic rings. The molecule has 146 valence electrons. The van der Waals surface area contributed by atoms with Gasteiger partial charge in [-0.25, -0.2) is 9.78 Å². The van der Waals surface area contributed by atoms with E-state index in [0.717, 1.165) is 5.56 Å². The maximum Gasteiger partial charge on any atom is 0.327 e. The van der Waals surface area contributed by atoms with E-state index in [9.17, 15) is 9.59 Å². The number of aryl methyl sites for hydroxylation is 1. The van der Waals surface area contributed by atoms with Crippen molar-refractivity contribution >= 4 is 22.2 Å². The first kappa shape index (κ1) is 17.9. The molecule has 3 aromatic heterocycles. The Morgan fingerprint density at radius 3 is 2.46 bits per heavy atom. The second kappa shape index (κ2) is 6.29. The lowest BCUT2D eigenvalue weighted by molar-refractivity contribution is 0.355. The Kier molecular flexibility index (Phi) is 4.02. The van der Waals surface area contributed by atoms with Gasteiger partial charge in [-0.2, -0.15) is 0 Å². The number of rotatable bonds is 4. The summed E-state index contributed by atoms with van der Waals surface area (Å²) in [6.45, 7) is 3.90. The van der Waals surface area contributed by atoms with E-state index in [1.54, 1.807) is 38.1 Å². The number of hydrogen-bond acceptors (Lipinski definition) is 5. The van der Waals surface area contributed by atoms with Crippen molar-refractivity contribution in [3.63, 3.8) is 0 Å². The molecule has 4 rings (SSSR count). The fourth-order valence-corrected chi connectivity index (χ4v) is 3.52. The topological polar surface area (TPSA) is 107 Å². The zero-order valence-electron chi connectivity index (χ0n) is 16.3. The largest absolute Gasteiger partial charge is 0.493 e. The number of aromatic amines is 2. The lowest BCUT2D eigenvalue weighted by Gasteiger charge is -2.12. The number of fused-ring (bicyclic) bond motifs is 2. The predicted molar refractivity (Wildman–Crippen MR) is 106 cm³/mol. The highest BCUT2D eigenvalue weighted by molar-refractivity contribution is 6.06. The Balaban J connectivity index is 2.22. The van der Waals surface area contributed by atoms with Gasteiger partial charge < -0.3 is 9.47 Å². The fourth-order valence-electron chi connectivity index (χ4n) is 3.52. The summed E-state index contributed by atoms with van der Waals surface area (Å²) in [6, 6.07) is 5.38. The summed E-state index contributed by atoms with van der Waals surface area (Å²) in [6.07, 6.45) is 0. The van der Waals surface area contributed by atoms with Crippen molar-refractivity contribution in [3.05, 3.63) is 39.0 Å². The van der Waals surface area contributed by atoms with E-state index in [4.69, 9.17) is 9.47 Å². The Morgan fingerprint density at radius 1 is 1.11 bits per heavy atom. The van der Waals surface area contributed by atoms with Gasteiger partial charge in [-0.3, -0.25) is 24.1 Å². The monoisotopic (exact) mass is 383 g/mol. The standard InChI is InChI=1S/C19H21N5O4/c1-9(2)24-17-14(18(25)22-24)13(15-16(20-17)21-19(26)23(15)3)10-6-7-11(27-4)12(8-10)28-5/h6-9H,1-5H3,(H,22,25)(H,20,21,26). The molecule has 1 aromatic carbocycles. The van der Waals surface area contributed by atoms with Crippen LogP contribution in [-0.2, 0) is 7.05 Å². The van der Waals surface area contributed by atoms with Crippen LogP contribution in [0, 0.1) is 0 Å². The molecule has 0 bridgehead atoms. The zero-order chi connectivity index (χ0) is 20.2. The van der Waals surface area contributed by atoms with Crippen LogP contribution in [0.5, 0.6) is 11.5 Å². The maximum absolute atomic E-state index is 12.9. The molecule has 0 aliphatic carbocycles. The Hall–Kier alpha value is -3.49. The number of methoxy groups -OCH3 is 2. The number of nitrogens with zero attached hydrogens (tertiary/aromatic N) is 3. The van der Waals surface area contributed by atoms with Crippen LogP contribution in [0.4, 0.5) is 0 Å². The van der Waals surface area contributed by atoms with Crippen LogP contribution in [0.15, 0.2) is 27.8 Å². The lowest BCUT2D eigenvalue weighted by Crippen LogP contribution is -2.12. The summed E-state index contributed by atoms with van der Waals surface area (Å²) in [7, 11) is 4.75. The highest BCUT2D eigenvalue weighted by Gasteiger charge is 2.23. The van der Waals surface area contributed by atoms with Crippen LogP contribution < -0.4 is 20.7 Å². The molecule has 0 atom stereocenters. The Bertz CT molecular complexity index is 1320. The van der Waals surface area contributed by atoms with E-state index in [-0.39, 0.29) is 17.3 Å². The number of H-pyrrole nitrogens is 2. The average Bonchev–Trinajstić information content (AvgIpc) is 3.16. The molecule has 0 radical (unpaired) electrons. The average molecular weight is 383 g/mol. The van der Waals surface area contributed by atoms with Crippen LogP contribution >= 0.6 is 0 Å². The normalized spacial score (nSPS) is 11.6. The van der Waals surface area contributed by atoms with E-state index in [1.165, 1.54) is 4.57 Å². The summed E-state index contributed by atoms with van der Waals surface area (Å²) in [5.41, 5.74) is 2.22. The predicted octanol–water partition coefficient (Wildman–Crippen LogP) is 2.17. The zero-order valence-corrected chi connectivity index (χ0v) is 16.3. The molecule has 0 saturated carbocycles. The van der Waals surface area contributed by atoms with E-state index >= 15 is 0 Å². The number of nitrogens with one attached hydrogen (secondary N) is 2. The third kappa shape index (κ3) is 2.43. The summed E-state index contributed by atoms with van der Waals surface area (Å²) >= 11 is 0. The molecule has 2 N–H and O–H groups in total. The Labute approximate surface area is 159 Å². The quantitative estimate of drug-likeness (QED) is 0.562. The molecule has 0 saturated heterocycles. The number of benzene rings is 1. The minimum absolute atomic E-state index is 0.0103. The summed E-state index contributed by atoms with van der Waals surface area (Å²) in [5.74, 6) is 1.10. The van der Waals surface area contributed by atoms with Gasteiger partial charge >= 0.3 is 5.69 Å². The van der Waals surface area contributed by atoms with Gasteiger partial charge in [0, 0.05) is 18.7 Å². The van der Waals surface area contributed by atoms with Gasteiger partial charge in [0.25, 0.3) is 5.56 Å². The molecule has 0 aliphatic heterocycles. The van der Waals surface area contributed by atoms with Gasteiger partial charge in [0.2, 0.25) is 0 Å². The SMILES string of the molecule is COc1ccc(-c2c3c(=O)[nH]n(C(C)C)c3nc3[nH]c(=O)n(C)c23)cc1OC. The van der Waals surface area contributed by atoms with Crippen molar-refractivity contribution in [3.8, 4) is 22.6 Å². The molecular weight excluding hydrogens is 362 g/mol. The van der Waals surface area contributed by atoms with Crippen LogP contribution in [0.2, 0.25) is 0 Å². The third-order valence-corrected chi connectivity index (χ3v) is 4.88. The summed E-state index contributed by atoms with van der Waals surface area (Å²) < 4.78 is 13.9. The molecule has 0 unspecified atom stereocenters. The van der Waals surface area contributed by atoms with E-state index in [1.807, 2.05) is 19.9 Å². The number of aromatic nitrogens is 5. The minimum atomic E-state index is -0.301. The first-order valence-corrected chi connectivity index (χ1v) is 8.82. The maximum atomic E-state index is 12.9. The smallest absolute Gasteiger partial charge is 0.327 e. The summed E-state index contributed by atoms with van der Waals surface area (Å²) in [5, 5.41) is 3.27. The van der Waals surface area contributed by atoms with Crippen LogP contribution in [0.3, 0.4) is 0 Å². The second-order valence-electron chi connectivity index (χ2n) is 6.85. The van der Waals surface area contributed by atoms with Crippen molar-refractivity contribution in [2.24, 2.45) is 7.05 Å². The number of imidazole rings is 1. The van der Waals surface area contributed by atoms with Crippen molar-refractivity contribution in [2.75, 3.05) is 14.2 Å². The molecule has 3 heterocycles. The Morgan fingerprint density at radius 2 is 1.82 bits per heavy atom. The molecular formula is C19H21N5O4. The molecule has 0 amide bonds. The van der Waals surface area contributed by atoms with Gasteiger partial charge in [0.15, 0.2) is 22.8 Å². The molecule has 9 nitrogen and oxygen atoms in total. The van der Waals surface area contributed by atoms with E-state index in [0.29, 0.717) is 39.3 Å². The molecule has 0 aliphatic rings. The van der Waals surface area contributed by atoms with Gasteiger partial charge in [-0.15, -0.1) is 0 Å². The first-order valence-electron chi connectivity index (χ1n) is 8.82. The van der Waals surface area contributed by atoms with Gasteiger partial charge in [-0.05, 0) is 31.5 Å². The highest BCUT2D eigenvalue weighted by Crippen LogP contribution is 2.37. The van der Waals surface area contributed by atoms with Crippen molar-refractivity contribution in [1.82, 2.24) is 24.3 Å². The number of pyridine rings is 1. The molecule has 28 heavy (non-hydrogen) atoms. The minimum Gasteiger partial charge on any atom is -0.493 e. The van der Waals surface area contributed by atoms with Crippen LogP contribution in [0.25, 0.3) is 33.3 Å². The molecule has 9 heteroatoms. The van der Waals surface area contributed by atoms with Gasteiger partial charge in [0.05, 0.1) is 25.1 Å². The highest BCUT2D eigenvalue weighted by atomic mass is 16.5. The molecule has 0 fully saturated rings. The lowest BCUT2D eigenvalue weighted by atomic mass is 10.0. The number of ether oxygens (including phenoxy) is 2. The second-order valence-corrected chi connectivity index (χ2v) is 6.85. The number of hydrogen-bond donors (Lipinski definition) is 2. The third-order valence-electron chi connectivity index (χ3n) is 4.88. The summed E-state index contributed by atoms with van der Waals surface area (Å²) in [4.78, 5) is 32.5. The van der Waals surface area contributed by atoms with E-state index < -0.39 is 0 Å². The van der Waals surface area contributed by atoms with Crippen molar-refractivity contribution < 1.29 is 9.47 Å². The fraction of sp³-hybridized carbons (Fsp3) is 0.316. The van der Waals surface area contributed by atoms with Gasteiger partial charge in [-0.1, -0.05) is 6.07 Å². The first-order chi connectivity index (χ1) is 13.4. The van der Waals surface area contributed by atoms with Crippen molar-refractivity contribution in [1.29, 1.82) is 0 Å². The van der Waals surface area contributed by atoms with E-state index in [2.05, 4.69) is 15.1 Å². The van der Waals surface area contributed by atoms with Crippen molar-refractivity contribution in [2.45, 2.75) is 19.9 Å². The van der Waals surface area contributed by atoms with Gasteiger partial charge in [0.1, 0.15) is 0 Å². The van der Waals surface area contributed by atoms with Crippen LogP contribution in [-0.4, -0.2) is 38.5 Å². The molecule has 0 spiro atoms. The van der Waals surface area contributed by atoms with Crippen LogP contribution in [0.1, 0.15) is 19.9 Å².